The first-order valence-electron chi connectivity index (χ1n) is 7.29. The predicted molar refractivity (Wildman–Crippen MR) is 93.7 cm³/mol. The molecule has 1 atom stereocenters. The molecule has 0 aliphatic carbocycles. The summed E-state index contributed by atoms with van der Waals surface area (Å²) >= 11 is 11.9. The lowest BCUT2D eigenvalue weighted by Crippen LogP contribution is -2.28. The second kappa shape index (κ2) is 6.71. The van der Waals surface area contributed by atoms with E-state index in [-0.39, 0.29) is 30.5 Å². The van der Waals surface area contributed by atoms with E-state index in [2.05, 4.69) is 5.32 Å². The summed E-state index contributed by atoms with van der Waals surface area (Å²) < 4.78 is 0. The second-order valence-electron chi connectivity index (χ2n) is 5.54. The van der Waals surface area contributed by atoms with Gasteiger partial charge < -0.3 is 15.3 Å². The molecule has 5 nitrogen and oxygen atoms in total. The van der Waals surface area contributed by atoms with Gasteiger partial charge in [0.1, 0.15) is 5.75 Å². The van der Waals surface area contributed by atoms with Crippen LogP contribution in [0.4, 0.5) is 11.4 Å². The number of rotatable bonds is 3. The van der Waals surface area contributed by atoms with Gasteiger partial charge in [-0.05, 0) is 42.5 Å². The van der Waals surface area contributed by atoms with Crippen molar-refractivity contribution in [2.45, 2.75) is 6.42 Å². The van der Waals surface area contributed by atoms with Gasteiger partial charge in [0, 0.05) is 24.3 Å². The number of carbonyl (C=O) groups excluding carboxylic acids is 2. The first kappa shape index (κ1) is 16.6. The number of amides is 2. The summed E-state index contributed by atoms with van der Waals surface area (Å²) in [7, 11) is 0. The molecule has 0 unspecified atom stereocenters. The highest BCUT2D eigenvalue weighted by atomic mass is 35.5. The number of anilines is 2. The maximum atomic E-state index is 12.3. The molecule has 2 N–H and O–H groups in total. The van der Waals surface area contributed by atoms with E-state index in [4.69, 9.17) is 23.2 Å². The number of nitrogens with zero attached hydrogens (tertiary/aromatic N) is 1. The van der Waals surface area contributed by atoms with Crippen LogP contribution >= 0.6 is 23.2 Å². The topological polar surface area (TPSA) is 69.6 Å². The van der Waals surface area contributed by atoms with Crippen LogP contribution < -0.4 is 10.2 Å². The first-order valence-corrected chi connectivity index (χ1v) is 8.05. The Morgan fingerprint density at radius 2 is 1.83 bits per heavy atom. The molecule has 0 spiro atoms. The Balaban J connectivity index is 1.70. The van der Waals surface area contributed by atoms with Crippen molar-refractivity contribution in [2.24, 2.45) is 5.92 Å². The van der Waals surface area contributed by atoms with Crippen molar-refractivity contribution in [3.8, 4) is 5.75 Å². The fourth-order valence-electron chi connectivity index (χ4n) is 2.57. The van der Waals surface area contributed by atoms with Crippen LogP contribution in [0, 0.1) is 5.92 Å². The molecule has 0 radical (unpaired) electrons. The molecule has 1 aliphatic heterocycles. The number of hydrogen-bond acceptors (Lipinski definition) is 3. The van der Waals surface area contributed by atoms with Crippen LogP contribution in [0.2, 0.25) is 10.0 Å². The number of phenolic OH excluding ortho intramolecular Hbond substituents is 1. The van der Waals surface area contributed by atoms with Gasteiger partial charge in [-0.1, -0.05) is 23.2 Å². The predicted octanol–water partition coefficient (Wildman–Crippen LogP) is 3.69. The molecule has 2 aromatic carbocycles. The summed E-state index contributed by atoms with van der Waals surface area (Å²) in [4.78, 5) is 26.1. The Morgan fingerprint density at radius 3 is 2.50 bits per heavy atom. The van der Waals surface area contributed by atoms with E-state index in [1.165, 1.54) is 17.0 Å². The molecule has 124 valence electrons. The monoisotopic (exact) mass is 364 g/mol. The van der Waals surface area contributed by atoms with Gasteiger partial charge in [-0.3, -0.25) is 9.59 Å². The lowest BCUT2D eigenvalue weighted by molar-refractivity contribution is -0.122. The molecular weight excluding hydrogens is 351 g/mol. The number of hydrogen-bond donors (Lipinski definition) is 2. The molecular formula is C17H14Cl2N2O3. The van der Waals surface area contributed by atoms with Crippen LogP contribution in [0.3, 0.4) is 0 Å². The molecule has 0 aromatic heterocycles. The minimum absolute atomic E-state index is 0.120. The third kappa shape index (κ3) is 3.47. The number of aromatic hydroxyl groups is 1. The summed E-state index contributed by atoms with van der Waals surface area (Å²) in [6.45, 7) is 0.278. The molecule has 0 saturated carbocycles. The van der Waals surface area contributed by atoms with Gasteiger partial charge in [0.2, 0.25) is 11.8 Å². The quantitative estimate of drug-likeness (QED) is 0.815. The minimum Gasteiger partial charge on any atom is -0.508 e. The zero-order valence-corrected chi connectivity index (χ0v) is 14.0. The van der Waals surface area contributed by atoms with Crippen molar-refractivity contribution in [3.05, 3.63) is 52.5 Å². The van der Waals surface area contributed by atoms with Gasteiger partial charge in [0.25, 0.3) is 0 Å². The van der Waals surface area contributed by atoms with Gasteiger partial charge >= 0.3 is 0 Å². The third-order valence-corrected chi connectivity index (χ3v) is 4.58. The molecule has 0 bridgehead atoms. The Kier molecular flexibility index (Phi) is 4.64. The van der Waals surface area contributed by atoms with Crippen LogP contribution in [-0.4, -0.2) is 23.5 Å². The fraction of sp³-hybridized carbons (Fsp3) is 0.176. The van der Waals surface area contributed by atoms with Crippen LogP contribution in [0.15, 0.2) is 42.5 Å². The molecule has 1 fully saturated rings. The van der Waals surface area contributed by atoms with Crippen LogP contribution in [-0.2, 0) is 9.59 Å². The maximum Gasteiger partial charge on any atom is 0.229 e. The third-order valence-electron chi connectivity index (χ3n) is 3.85. The molecule has 1 saturated heterocycles. The summed E-state index contributed by atoms with van der Waals surface area (Å²) in [6.07, 6.45) is 0.129. The van der Waals surface area contributed by atoms with Crippen molar-refractivity contribution in [2.75, 3.05) is 16.8 Å². The molecule has 2 aromatic rings. The Labute approximate surface area is 148 Å². The number of carbonyl (C=O) groups is 2. The van der Waals surface area contributed by atoms with Crippen LogP contribution in [0.25, 0.3) is 0 Å². The first-order chi connectivity index (χ1) is 11.4. The van der Waals surface area contributed by atoms with Crippen molar-refractivity contribution in [1.82, 2.24) is 0 Å². The second-order valence-corrected chi connectivity index (χ2v) is 6.35. The van der Waals surface area contributed by atoms with Crippen LogP contribution in [0.1, 0.15) is 6.42 Å². The average Bonchev–Trinajstić information content (AvgIpc) is 2.94. The van der Waals surface area contributed by atoms with Gasteiger partial charge in [0.05, 0.1) is 16.0 Å². The standard InChI is InChI=1S/C17H14Cl2N2O3/c18-14-6-3-12(8-15(14)19)21-9-10(7-16(21)23)17(24)20-11-1-4-13(22)5-2-11/h1-6,8,10,22H,7,9H2,(H,20,24)/t10-/m0/s1. The molecule has 7 heteroatoms. The van der Waals surface area contributed by atoms with Gasteiger partial charge in [-0.2, -0.15) is 0 Å². The Hall–Kier alpha value is -2.24. The van der Waals surface area contributed by atoms with E-state index >= 15 is 0 Å². The number of halogens is 2. The highest BCUT2D eigenvalue weighted by Crippen LogP contribution is 2.31. The molecule has 24 heavy (non-hydrogen) atoms. The van der Waals surface area contributed by atoms with E-state index < -0.39 is 5.92 Å². The van der Waals surface area contributed by atoms with E-state index in [9.17, 15) is 14.7 Å². The minimum atomic E-state index is -0.458. The zero-order chi connectivity index (χ0) is 17.3. The van der Waals surface area contributed by atoms with Crippen molar-refractivity contribution in [3.63, 3.8) is 0 Å². The van der Waals surface area contributed by atoms with Gasteiger partial charge in [-0.15, -0.1) is 0 Å². The number of nitrogens with one attached hydrogen (secondary N) is 1. The summed E-state index contributed by atoms with van der Waals surface area (Å²) in [5, 5.41) is 12.8. The molecule has 1 aliphatic rings. The largest absolute Gasteiger partial charge is 0.508 e. The summed E-state index contributed by atoms with van der Waals surface area (Å²) in [5.74, 6) is -0.716. The van der Waals surface area contributed by atoms with E-state index in [0.29, 0.717) is 21.4 Å². The highest BCUT2D eigenvalue weighted by molar-refractivity contribution is 6.42. The van der Waals surface area contributed by atoms with Crippen molar-refractivity contribution >= 4 is 46.4 Å². The molecule has 1 heterocycles. The van der Waals surface area contributed by atoms with E-state index in [1.54, 1.807) is 30.3 Å². The lowest BCUT2D eigenvalue weighted by Gasteiger charge is -2.17. The molecule has 3 rings (SSSR count). The summed E-state index contributed by atoms with van der Waals surface area (Å²) in [5.41, 5.74) is 1.19. The highest BCUT2D eigenvalue weighted by Gasteiger charge is 2.35. The van der Waals surface area contributed by atoms with Gasteiger partial charge in [0.15, 0.2) is 0 Å². The summed E-state index contributed by atoms with van der Waals surface area (Å²) in [6, 6.07) is 11.1. The van der Waals surface area contributed by atoms with Gasteiger partial charge in [-0.25, -0.2) is 0 Å². The van der Waals surface area contributed by atoms with Crippen molar-refractivity contribution < 1.29 is 14.7 Å². The fourth-order valence-corrected chi connectivity index (χ4v) is 2.87. The Bertz CT molecular complexity index is 793. The average molecular weight is 365 g/mol. The number of phenols is 1. The smallest absolute Gasteiger partial charge is 0.229 e. The normalized spacial score (nSPS) is 17.2. The van der Waals surface area contributed by atoms with Crippen molar-refractivity contribution in [1.29, 1.82) is 0 Å². The zero-order valence-electron chi connectivity index (χ0n) is 12.5. The lowest BCUT2D eigenvalue weighted by atomic mass is 10.1. The van der Waals surface area contributed by atoms with Crippen LogP contribution in [0.5, 0.6) is 5.75 Å². The van der Waals surface area contributed by atoms with E-state index in [1.807, 2.05) is 0 Å². The number of benzene rings is 2. The van der Waals surface area contributed by atoms with E-state index in [0.717, 1.165) is 0 Å². The SMILES string of the molecule is O=C(Nc1ccc(O)cc1)[C@H]1CC(=O)N(c2ccc(Cl)c(Cl)c2)C1. The Morgan fingerprint density at radius 1 is 1.12 bits per heavy atom. The molecule has 2 amide bonds. The maximum absolute atomic E-state index is 12.3.